The minimum atomic E-state index is -1.85. The fraction of sp³-hybridized carbons (Fsp3) is 0.818. The maximum absolute atomic E-state index is 7.10. The second-order valence-corrected chi connectivity index (χ2v) is 16.1. The Morgan fingerprint density at radius 3 is 2.46 bits per heavy atom. The zero-order valence-electron chi connectivity index (χ0n) is 17.8. The molecule has 2 aliphatic carbocycles. The molecular formula is C22H36O3Si. The molecule has 0 unspecified atom stereocenters. The quantitative estimate of drug-likeness (QED) is 0.471. The third kappa shape index (κ3) is 2.24. The largest absolute Gasteiger partial charge is 0.472 e. The molecule has 1 aliphatic heterocycles. The fourth-order valence-electron chi connectivity index (χ4n) is 5.92. The average molecular weight is 377 g/mol. The first-order chi connectivity index (χ1) is 11.9. The van der Waals surface area contributed by atoms with Crippen molar-refractivity contribution < 1.29 is 13.6 Å². The Kier molecular flexibility index (Phi) is 3.80. The Bertz CT molecular complexity index is 687. The molecule has 3 aliphatic rings. The molecule has 4 heteroatoms. The molecule has 2 heterocycles. The molecule has 0 aromatic carbocycles. The van der Waals surface area contributed by atoms with Gasteiger partial charge in [-0.1, -0.05) is 41.5 Å². The number of ether oxygens (including phenoxy) is 1. The van der Waals surface area contributed by atoms with Gasteiger partial charge in [-0.05, 0) is 54.8 Å². The molecule has 1 saturated heterocycles. The highest BCUT2D eigenvalue weighted by atomic mass is 28.4. The molecule has 146 valence electrons. The first kappa shape index (κ1) is 18.8. The van der Waals surface area contributed by atoms with E-state index in [9.17, 15) is 0 Å². The van der Waals surface area contributed by atoms with Crippen molar-refractivity contribution in [3.63, 3.8) is 0 Å². The maximum atomic E-state index is 7.10. The Morgan fingerprint density at radius 1 is 1.19 bits per heavy atom. The van der Waals surface area contributed by atoms with E-state index in [2.05, 4.69) is 60.7 Å². The number of hydrogen-bond donors (Lipinski definition) is 0. The molecule has 2 saturated carbocycles. The van der Waals surface area contributed by atoms with E-state index in [0.29, 0.717) is 17.4 Å². The van der Waals surface area contributed by atoms with E-state index >= 15 is 0 Å². The second kappa shape index (κ2) is 5.27. The van der Waals surface area contributed by atoms with Crippen LogP contribution in [0.25, 0.3) is 0 Å². The Morgan fingerprint density at radius 2 is 1.88 bits per heavy atom. The van der Waals surface area contributed by atoms with Gasteiger partial charge in [0.25, 0.3) is 0 Å². The van der Waals surface area contributed by atoms with Crippen LogP contribution in [0.4, 0.5) is 0 Å². The van der Waals surface area contributed by atoms with Crippen LogP contribution >= 0.6 is 0 Å². The molecule has 4 rings (SSSR count). The van der Waals surface area contributed by atoms with Gasteiger partial charge in [0, 0.05) is 11.0 Å². The normalized spacial score (nSPS) is 41.6. The number of rotatable bonds is 3. The minimum absolute atomic E-state index is 0.00118. The second-order valence-electron chi connectivity index (χ2n) is 11.3. The molecular weight excluding hydrogens is 340 g/mol. The van der Waals surface area contributed by atoms with Gasteiger partial charge in [-0.2, -0.15) is 0 Å². The lowest BCUT2D eigenvalue weighted by Gasteiger charge is -2.57. The summed E-state index contributed by atoms with van der Waals surface area (Å²) in [6.07, 6.45) is 7.77. The highest BCUT2D eigenvalue weighted by Gasteiger charge is 2.80. The highest BCUT2D eigenvalue weighted by molar-refractivity contribution is 6.74. The number of epoxide rings is 1. The van der Waals surface area contributed by atoms with Gasteiger partial charge in [0.05, 0.1) is 24.7 Å². The van der Waals surface area contributed by atoms with Gasteiger partial charge < -0.3 is 13.6 Å². The van der Waals surface area contributed by atoms with Crippen molar-refractivity contribution in [2.24, 2.45) is 16.7 Å². The lowest BCUT2D eigenvalue weighted by Crippen LogP contribution is -2.58. The lowest BCUT2D eigenvalue weighted by atomic mass is 9.53. The molecule has 1 aromatic heterocycles. The molecule has 26 heavy (non-hydrogen) atoms. The topological polar surface area (TPSA) is 34.9 Å². The zero-order chi connectivity index (χ0) is 19.2. The van der Waals surface area contributed by atoms with E-state index in [1.807, 2.05) is 6.26 Å². The summed E-state index contributed by atoms with van der Waals surface area (Å²) in [5, 5.41) is 0.219. The molecule has 3 fully saturated rings. The summed E-state index contributed by atoms with van der Waals surface area (Å²) >= 11 is 0. The van der Waals surface area contributed by atoms with Crippen LogP contribution in [-0.4, -0.2) is 20.5 Å². The molecule has 0 radical (unpaired) electrons. The van der Waals surface area contributed by atoms with Gasteiger partial charge in [-0.3, -0.25) is 0 Å². The molecule has 5 atom stereocenters. The van der Waals surface area contributed by atoms with E-state index in [4.69, 9.17) is 13.6 Å². The number of furan rings is 1. The van der Waals surface area contributed by atoms with Crippen molar-refractivity contribution in [3.05, 3.63) is 24.2 Å². The van der Waals surface area contributed by atoms with Crippen LogP contribution in [0.2, 0.25) is 18.1 Å². The Hall–Kier alpha value is -0.583. The summed E-state index contributed by atoms with van der Waals surface area (Å²) in [6.45, 7) is 19.1. The van der Waals surface area contributed by atoms with Crippen LogP contribution < -0.4 is 0 Å². The zero-order valence-corrected chi connectivity index (χ0v) is 18.8. The Labute approximate surface area is 160 Å². The highest BCUT2D eigenvalue weighted by Crippen LogP contribution is 2.76. The van der Waals surface area contributed by atoms with Crippen molar-refractivity contribution in [2.45, 2.75) is 96.7 Å². The smallest absolute Gasteiger partial charge is 0.192 e. The van der Waals surface area contributed by atoms with Crippen molar-refractivity contribution in [2.75, 3.05) is 0 Å². The van der Waals surface area contributed by atoms with Crippen LogP contribution in [0.15, 0.2) is 23.0 Å². The van der Waals surface area contributed by atoms with E-state index in [1.54, 1.807) is 6.26 Å². The van der Waals surface area contributed by atoms with Crippen molar-refractivity contribution in [3.8, 4) is 0 Å². The predicted molar refractivity (Wildman–Crippen MR) is 107 cm³/mol. The minimum Gasteiger partial charge on any atom is -0.472 e. The molecule has 0 N–H and O–H groups in total. The van der Waals surface area contributed by atoms with Gasteiger partial charge in [-0.25, -0.2) is 0 Å². The van der Waals surface area contributed by atoms with E-state index < -0.39 is 8.32 Å². The Balaban J connectivity index is 1.77. The van der Waals surface area contributed by atoms with Crippen molar-refractivity contribution >= 4 is 8.32 Å². The van der Waals surface area contributed by atoms with Gasteiger partial charge in [0.2, 0.25) is 0 Å². The molecule has 3 nitrogen and oxygen atoms in total. The summed E-state index contributed by atoms with van der Waals surface area (Å²) < 4.78 is 19.0. The summed E-state index contributed by atoms with van der Waals surface area (Å²) in [6, 6.07) is 2.11. The molecule has 0 bridgehead atoms. The number of hydrogen-bond acceptors (Lipinski definition) is 3. The summed E-state index contributed by atoms with van der Waals surface area (Å²) in [5.41, 5.74) is 1.33. The van der Waals surface area contributed by atoms with Crippen molar-refractivity contribution in [1.29, 1.82) is 0 Å². The predicted octanol–water partition coefficient (Wildman–Crippen LogP) is 6.11. The van der Waals surface area contributed by atoms with Crippen LogP contribution in [0.3, 0.4) is 0 Å². The van der Waals surface area contributed by atoms with Gasteiger partial charge in [-0.15, -0.1) is 0 Å². The van der Waals surface area contributed by atoms with E-state index in [-0.39, 0.29) is 22.2 Å². The van der Waals surface area contributed by atoms with E-state index in [0.717, 1.165) is 12.8 Å². The van der Waals surface area contributed by atoms with E-state index in [1.165, 1.54) is 12.0 Å². The third-order valence-electron chi connectivity index (χ3n) is 8.55. The molecule has 1 aromatic rings. The van der Waals surface area contributed by atoms with Crippen molar-refractivity contribution in [1.82, 2.24) is 0 Å². The van der Waals surface area contributed by atoms with Crippen LogP contribution in [0.1, 0.15) is 66.4 Å². The summed E-state index contributed by atoms with van der Waals surface area (Å²) in [7, 11) is -1.85. The van der Waals surface area contributed by atoms with Gasteiger partial charge >= 0.3 is 0 Å². The lowest BCUT2D eigenvalue weighted by molar-refractivity contribution is -0.132. The molecule has 0 amide bonds. The third-order valence-corrected chi connectivity index (χ3v) is 13.0. The van der Waals surface area contributed by atoms with Gasteiger partial charge in [0.1, 0.15) is 5.60 Å². The summed E-state index contributed by atoms with van der Waals surface area (Å²) in [5.74, 6) is 0.618. The van der Waals surface area contributed by atoms with Crippen LogP contribution in [0.5, 0.6) is 0 Å². The molecule has 0 spiro atoms. The van der Waals surface area contributed by atoms with Crippen LogP contribution in [0, 0.1) is 16.7 Å². The maximum Gasteiger partial charge on any atom is 0.192 e. The van der Waals surface area contributed by atoms with Gasteiger partial charge in [0.15, 0.2) is 8.32 Å². The fourth-order valence-corrected chi connectivity index (χ4v) is 7.35. The first-order valence-electron chi connectivity index (χ1n) is 10.2. The average Bonchev–Trinajstić information content (AvgIpc) is 2.89. The SMILES string of the molecule is CC1(C)CC[C@H](O[Si](C)(C)C(C)(C)C)[C@]2(C)[C@H]1C[C@H]1O[C@]12c1ccoc1. The summed E-state index contributed by atoms with van der Waals surface area (Å²) in [4.78, 5) is 0. The standard InChI is InChI=1S/C22H36O3Si/c1-19(2,3)26(7,8)25-17-9-11-20(4,5)16-13-18-22(24-18,21(16,17)6)15-10-12-23-14-15/h10,12,14,16-18H,9,11,13H2,1-8H3/t16-,17-,18+,21-,22+/m0/s1. The van der Waals surface area contributed by atoms with Crippen LogP contribution in [-0.2, 0) is 14.8 Å². The number of fused-ring (bicyclic) bond motifs is 3. The monoisotopic (exact) mass is 376 g/mol. The first-order valence-corrected chi connectivity index (χ1v) is 13.2.